The van der Waals surface area contributed by atoms with Crippen LogP contribution in [0.5, 0.6) is 0 Å². The largest absolute Gasteiger partial charge is 0.500 e. The molecule has 0 saturated heterocycles. The van der Waals surface area contributed by atoms with Gasteiger partial charge in [0, 0.05) is 32.4 Å². The summed E-state index contributed by atoms with van der Waals surface area (Å²) in [6, 6.07) is 0.847. The molecule has 0 aromatic heterocycles. The second-order valence-corrected chi connectivity index (χ2v) is 5.98. The molecule has 0 heterocycles. The zero-order valence-electron chi connectivity index (χ0n) is 11.0. The first kappa shape index (κ1) is 15.8. The maximum absolute atomic E-state index is 5.73. The Morgan fingerprint density at radius 2 is 1.50 bits per heavy atom. The molecule has 0 radical (unpaired) electrons. The van der Waals surface area contributed by atoms with Gasteiger partial charge in [-0.25, -0.2) is 0 Å². The first-order chi connectivity index (χ1) is 7.74. The highest BCUT2D eigenvalue weighted by Gasteiger charge is 2.39. The van der Waals surface area contributed by atoms with Gasteiger partial charge < -0.3 is 13.3 Å². The third-order valence-corrected chi connectivity index (χ3v) is 5.20. The highest BCUT2D eigenvalue weighted by molar-refractivity contribution is 6.60. The van der Waals surface area contributed by atoms with Crippen LogP contribution < -0.4 is 0 Å². The van der Waals surface area contributed by atoms with E-state index in [-0.39, 0.29) is 0 Å². The van der Waals surface area contributed by atoms with Gasteiger partial charge in [0.1, 0.15) is 0 Å². The second kappa shape index (κ2) is 9.96. The number of aliphatic imine (C=N–C) groups is 1. The lowest BCUT2D eigenvalue weighted by atomic mass is 10.5. The average molecular weight is 247 g/mol. The fourth-order valence-corrected chi connectivity index (χ4v) is 4.11. The van der Waals surface area contributed by atoms with E-state index in [2.05, 4.69) is 4.99 Å². The maximum Gasteiger partial charge on any atom is 0.500 e. The van der Waals surface area contributed by atoms with E-state index >= 15 is 0 Å². The second-order valence-electron chi connectivity index (χ2n) is 3.25. The molecule has 0 aromatic rings. The molecular formula is C11H25NO3Si. The Balaban J connectivity index is 4.22. The lowest BCUT2D eigenvalue weighted by molar-refractivity contribution is 0.0710. The predicted octanol–water partition coefficient (Wildman–Crippen LogP) is 2.52. The lowest BCUT2D eigenvalue weighted by Crippen LogP contribution is -2.46. The maximum atomic E-state index is 5.73. The summed E-state index contributed by atoms with van der Waals surface area (Å²) in [6.07, 6.45) is 2.78. The Hall–Kier alpha value is -0.233. The minimum atomic E-state index is -2.42. The van der Waals surface area contributed by atoms with E-state index < -0.39 is 8.80 Å². The molecule has 0 rings (SSSR count). The summed E-state index contributed by atoms with van der Waals surface area (Å²) < 4.78 is 17.2. The topological polar surface area (TPSA) is 40.0 Å². The van der Waals surface area contributed by atoms with Crippen molar-refractivity contribution in [2.75, 3.05) is 26.4 Å². The molecule has 0 fully saturated rings. The molecule has 0 atom stereocenters. The van der Waals surface area contributed by atoms with Crippen molar-refractivity contribution in [3.63, 3.8) is 0 Å². The number of rotatable bonds is 10. The fraction of sp³-hybridized carbons (Fsp3) is 0.909. The quantitative estimate of drug-likeness (QED) is 0.338. The van der Waals surface area contributed by atoms with Crippen LogP contribution in [0.1, 0.15) is 34.1 Å². The van der Waals surface area contributed by atoms with E-state index in [0.717, 1.165) is 19.0 Å². The third-order valence-electron chi connectivity index (χ3n) is 2.05. The van der Waals surface area contributed by atoms with Crippen LogP contribution in [-0.2, 0) is 13.3 Å². The fourth-order valence-electron chi connectivity index (χ4n) is 1.52. The molecule has 16 heavy (non-hydrogen) atoms. The highest BCUT2D eigenvalue weighted by Crippen LogP contribution is 2.18. The van der Waals surface area contributed by atoms with Gasteiger partial charge in [-0.05, 0) is 40.3 Å². The standard InChI is InChI=1S/C11H25NO3Si/c1-5-12-10-9-11-16(13-6-2,14-7-3)15-8-4/h5H,6-11H2,1-4H3. The van der Waals surface area contributed by atoms with Crippen molar-refractivity contribution < 1.29 is 13.3 Å². The van der Waals surface area contributed by atoms with Crippen molar-refractivity contribution in [1.82, 2.24) is 0 Å². The summed E-state index contributed by atoms with van der Waals surface area (Å²) in [7, 11) is -2.42. The van der Waals surface area contributed by atoms with Crippen molar-refractivity contribution in [3.05, 3.63) is 0 Å². The highest BCUT2D eigenvalue weighted by atomic mass is 28.4. The van der Waals surface area contributed by atoms with Crippen LogP contribution in [0.4, 0.5) is 0 Å². The molecule has 0 saturated carbocycles. The van der Waals surface area contributed by atoms with Crippen LogP contribution in [0, 0.1) is 0 Å². The molecule has 0 unspecified atom stereocenters. The van der Waals surface area contributed by atoms with Crippen LogP contribution in [0.15, 0.2) is 4.99 Å². The van der Waals surface area contributed by atoms with Crippen molar-refractivity contribution >= 4 is 15.0 Å². The van der Waals surface area contributed by atoms with E-state index in [9.17, 15) is 0 Å². The third kappa shape index (κ3) is 6.37. The zero-order chi connectivity index (χ0) is 12.3. The zero-order valence-corrected chi connectivity index (χ0v) is 12.0. The van der Waals surface area contributed by atoms with Crippen molar-refractivity contribution in [1.29, 1.82) is 0 Å². The Morgan fingerprint density at radius 1 is 1.00 bits per heavy atom. The van der Waals surface area contributed by atoms with Gasteiger partial charge in [-0.15, -0.1) is 0 Å². The van der Waals surface area contributed by atoms with E-state index in [1.807, 2.05) is 33.9 Å². The minimum absolute atomic E-state index is 0.642. The smallest absolute Gasteiger partial charge is 0.374 e. The molecule has 0 aliphatic heterocycles. The Morgan fingerprint density at radius 3 is 1.88 bits per heavy atom. The summed E-state index contributed by atoms with van der Waals surface area (Å²) in [6.45, 7) is 10.6. The molecular weight excluding hydrogens is 222 g/mol. The normalized spacial score (nSPS) is 12.5. The van der Waals surface area contributed by atoms with E-state index in [1.54, 1.807) is 0 Å². The van der Waals surface area contributed by atoms with Gasteiger partial charge >= 0.3 is 8.80 Å². The lowest BCUT2D eigenvalue weighted by Gasteiger charge is -2.28. The molecule has 96 valence electrons. The molecule has 5 heteroatoms. The Kier molecular flexibility index (Phi) is 9.81. The monoisotopic (exact) mass is 247 g/mol. The van der Waals surface area contributed by atoms with Crippen LogP contribution in [0.3, 0.4) is 0 Å². The molecule has 0 spiro atoms. The first-order valence-electron chi connectivity index (χ1n) is 6.11. The van der Waals surface area contributed by atoms with Crippen molar-refractivity contribution in [2.24, 2.45) is 4.99 Å². The van der Waals surface area contributed by atoms with Crippen LogP contribution in [0.2, 0.25) is 6.04 Å². The first-order valence-corrected chi connectivity index (χ1v) is 8.04. The predicted molar refractivity (Wildman–Crippen MR) is 69.1 cm³/mol. The SMILES string of the molecule is CC=NCCC[Si](OCC)(OCC)OCC. The molecule has 4 nitrogen and oxygen atoms in total. The van der Waals surface area contributed by atoms with Crippen molar-refractivity contribution in [3.8, 4) is 0 Å². The summed E-state index contributed by atoms with van der Waals surface area (Å²) in [5, 5.41) is 0. The molecule has 0 aliphatic carbocycles. The molecule has 0 bridgehead atoms. The van der Waals surface area contributed by atoms with Gasteiger partial charge in [0.25, 0.3) is 0 Å². The Bertz CT molecular complexity index is 171. The minimum Gasteiger partial charge on any atom is -0.374 e. The van der Waals surface area contributed by atoms with Gasteiger partial charge in [0.15, 0.2) is 0 Å². The van der Waals surface area contributed by atoms with Gasteiger partial charge in [-0.1, -0.05) is 0 Å². The van der Waals surface area contributed by atoms with Crippen molar-refractivity contribution in [2.45, 2.75) is 40.2 Å². The van der Waals surface area contributed by atoms with Gasteiger partial charge in [-0.3, -0.25) is 4.99 Å². The number of hydrogen-bond acceptors (Lipinski definition) is 4. The number of nitrogens with zero attached hydrogens (tertiary/aromatic N) is 1. The molecule has 0 N–H and O–H groups in total. The van der Waals surface area contributed by atoms with Gasteiger partial charge in [0.05, 0.1) is 0 Å². The molecule has 0 aromatic carbocycles. The summed E-state index contributed by atoms with van der Waals surface area (Å²) in [5.41, 5.74) is 0. The van der Waals surface area contributed by atoms with E-state index in [0.29, 0.717) is 19.8 Å². The summed E-state index contributed by atoms with van der Waals surface area (Å²) in [4.78, 5) is 4.19. The Labute approximate surface area is 100 Å². The number of hydrogen-bond donors (Lipinski definition) is 0. The van der Waals surface area contributed by atoms with Gasteiger partial charge in [0.2, 0.25) is 0 Å². The summed E-state index contributed by atoms with van der Waals surface area (Å²) >= 11 is 0. The molecule has 0 aliphatic rings. The van der Waals surface area contributed by atoms with E-state index in [1.165, 1.54) is 0 Å². The average Bonchev–Trinajstić information content (AvgIpc) is 2.26. The van der Waals surface area contributed by atoms with Gasteiger partial charge in [-0.2, -0.15) is 0 Å². The van der Waals surface area contributed by atoms with Crippen LogP contribution >= 0.6 is 0 Å². The van der Waals surface area contributed by atoms with E-state index in [4.69, 9.17) is 13.3 Å². The van der Waals surface area contributed by atoms with Crippen LogP contribution in [-0.4, -0.2) is 41.4 Å². The summed E-state index contributed by atoms with van der Waals surface area (Å²) in [5.74, 6) is 0. The van der Waals surface area contributed by atoms with Crippen LogP contribution in [0.25, 0.3) is 0 Å². The molecule has 0 amide bonds.